The molecule has 0 unspecified atom stereocenters. The Morgan fingerprint density at radius 2 is 1.94 bits per heavy atom. The quantitative estimate of drug-likeness (QED) is 0.656. The first kappa shape index (κ1) is 25.2. The highest BCUT2D eigenvalue weighted by Gasteiger charge is 2.37. The van der Waals surface area contributed by atoms with Gasteiger partial charge in [-0.3, -0.25) is 9.59 Å². The number of ether oxygens (including phenoxy) is 1. The third kappa shape index (κ3) is 5.21. The van der Waals surface area contributed by atoms with Crippen molar-refractivity contribution in [2.24, 2.45) is 5.92 Å². The van der Waals surface area contributed by atoms with Crippen LogP contribution >= 0.6 is 0 Å². The number of benzene rings is 2. The Kier molecular flexibility index (Phi) is 7.19. The van der Waals surface area contributed by atoms with Crippen molar-refractivity contribution in [2.45, 2.75) is 64.1 Å². The van der Waals surface area contributed by atoms with Gasteiger partial charge in [-0.05, 0) is 57.7 Å². The van der Waals surface area contributed by atoms with Crippen molar-refractivity contribution in [3.05, 3.63) is 53.6 Å². The van der Waals surface area contributed by atoms with E-state index < -0.39 is 22.0 Å². The number of anilines is 1. The molecule has 0 radical (unpaired) electrons. The van der Waals surface area contributed by atoms with Crippen LogP contribution in [0, 0.1) is 12.8 Å². The normalized spacial score (nSPS) is 20.7. The van der Waals surface area contributed by atoms with Crippen LogP contribution in [0.5, 0.6) is 5.75 Å². The second-order valence-electron chi connectivity index (χ2n) is 9.61. The highest BCUT2D eigenvalue weighted by molar-refractivity contribution is 7.89. The van der Waals surface area contributed by atoms with Crippen LogP contribution in [0.15, 0.2) is 47.4 Å². The van der Waals surface area contributed by atoms with Crippen molar-refractivity contribution < 1.29 is 22.7 Å². The number of carbonyl (C=O) groups is 2. The molecule has 8 nitrogen and oxygen atoms in total. The fourth-order valence-corrected chi connectivity index (χ4v) is 6.40. The van der Waals surface area contributed by atoms with Crippen LogP contribution in [0.3, 0.4) is 0 Å². The van der Waals surface area contributed by atoms with Gasteiger partial charge >= 0.3 is 0 Å². The van der Waals surface area contributed by atoms with E-state index in [0.717, 1.165) is 5.56 Å². The van der Waals surface area contributed by atoms with Gasteiger partial charge in [0.2, 0.25) is 15.9 Å². The minimum Gasteiger partial charge on any atom is -0.479 e. The SMILES string of the molecule is Cc1cc2c(cc1S(=O)(=O)N1CCC[C@H](C(=O)N(Cc3ccccc3)C(C)C)C1)O[C@H](C)C(=O)N2. The summed E-state index contributed by atoms with van der Waals surface area (Å²) in [5, 5.41) is 2.75. The first-order valence-electron chi connectivity index (χ1n) is 12.0. The topological polar surface area (TPSA) is 96.0 Å². The lowest BCUT2D eigenvalue weighted by Gasteiger charge is -2.36. The molecule has 2 heterocycles. The molecule has 0 aromatic heterocycles. The number of carbonyl (C=O) groups excluding carboxylic acids is 2. The lowest BCUT2D eigenvalue weighted by molar-refractivity contribution is -0.139. The van der Waals surface area contributed by atoms with Crippen LogP contribution in [-0.4, -0.2) is 54.7 Å². The molecule has 0 saturated carbocycles. The maximum Gasteiger partial charge on any atom is 0.265 e. The van der Waals surface area contributed by atoms with Gasteiger partial charge in [0, 0.05) is 31.7 Å². The second-order valence-corrected chi connectivity index (χ2v) is 11.5. The van der Waals surface area contributed by atoms with Gasteiger partial charge in [-0.2, -0.15) is 4.31 Å². The standard InChI is InChI=1S/C26H33N3O5S/c1-17(2)29(15-20-9-6-5-7-10-20)26(31)21-11-8-12-28(16-21)35(32,33)24-14-23-22(13-18(24)3)27-25(30)19(4)34-23/h5-7,9-10,13-14,17,19,21H,8,11-12,15-16H2,1-4H3,(H,27,30)/t19-,21+/m1/s1. The van der Waals surface area contributed by atoms with Crippen molar-refractivity contribution in [1.82, 2.24) is 9.21 Å². The molecular weight excluding hydrogens is 466 g/mol. The number of sulfonamides is 1. The minimum atomic E-state index is -3.86. The van der Waals surface area contributed by atoms with E-state index >= 15 is 0 Å². The molecule has 188 valence electrons. The van der Waals surface area contributed by atoms with E-state index in [4.69, 9.17) is 4.74 Å². The maximum absolute atomic E-state index is 13.7. The Morgan fingerprint density at radius 1 is 1.23 bits per heavy atom. The predicted octanol–water partition coefficient (Wildman–Crippen LogP) is 3.55. The third-order valence-corrected chi connectivity index (χ3v) is 8.67. The fraction of sp³-hybridized carbons (Fsp3) is 0.462. The molecule has 2 amide bonds. The Balaban J connectivity index is 1.56. The molecule has 2 aliphatic heterocycles. The fourth-order valence-electron chi connectivity index (χ4n) is 4.65. The van der Waals surface area contributed by atoms with E-state index in [1.165, 1.54) is 10.4 Å². The molecule has 35 heavy (non-hydrogen) atoms. The Bertz CT molecular complexity index is 1210. The summed E-state index contributed by atoms with van der Waals surface area (Å²) >= 11 is 0. The first-order valence-corrected chi connectivity index (χ1v) is 13.5. The van der Waals surface area contributed by atoms with Crippen LogP contribution in [0.1, 0.15) is 44.7 Å². The summed E-state index contributed by atoms with van der Waals surface area (Å²) in [6.45, 7) is 8.27. The largest absolute Gasteiger partial charge is 0.479 e. The summed E-state index contributed by atoms with van der Waals surface area (Å²) < 4.78 is 34.4. The Morgan fingerprint density at radius 3 is 2.63 bits per heavy atom. The molecule has 0 spiro atoms. The molecule has 2 aromatic rings. The zero-order valence-corrected chi connectivity index (χ0v) is 21.5. The third-order valence-electron chi connectivity index (χ3n) is 6.66. The summed E-state index contributed by atoms with van der Waals surface area (Å²) in [7, 11) is -3.86. The summed E-state index contributed by atoms with van der Waals surface area (Å²) in [4.78, 5) is 27.4. The molecule has 1 N–H and O–H groups in total. The van der Waals surface area contributed by atoms with Gasteiger partial charge in [0.15, 0.2) is 6.10 Å². The van der Waals surface area contributed by atoms with E-state index in [1.807, 2.05) is 49.1 Å². The highest BCUT2D eigenvalue weighted by atomic mass is 32.2. The number of nitrogens with one attached hydrogen (secondary N) is 1. The Hall–Kier alpha value is -2.91. The van der Waals surface area contributed by atoms with Crippen molar-refractivity contribution >= 4 is 27.5 Å². The van der Waals surface area contributed by atoms with Gasteiger partial charge in [-0.25, -0.2) is 8.42 Å². The monoisotopic (exact) mass is 499 g/mol. The number of aryl methyl sites for hydroxylation is 1. The van der Waals surface area contributed by atoms with Crippen LogP contribution in [0.25, 0.3) is 0 Å². The van der Waals surface area contributed by atoms with Crippen LogP contribution in [0.2, 0.25) is 0 Å². The minimum absolute atomic E-state index is 0.00747. The van der Waals surface area contributed by atoms with E-state index in [0.29, 0.717) is 42.9 Å². The number of hydrogen-bond acceptors (Lipinski definition) is 5. The maximum atomic E-state index is 13.7. The smallest absolute Gasteiger partial charge is 0.265 e. The number of amides is 2. The zero-order chi connectivity index (χ0) is 25.3. The van der Waals surface area contributed by atoms with E-state index in [9.17, 15) is 18.0 Å². The molecule has 0 aliphatic carbocycles. The van der Waals surface area contributed by atoms with E-state index in [1.54, 1.807) is 19.9 Å². The van der Waals surface area contributed by atoms with Crippen molar-refractivity contribution in [1.29, 1.82) is 0 Å². The number of rotatable bonds is 6. The molecule has 4 rings (SSSR count). The van der Waals surface area contributed by atoms with Gasteiger partial charge in [-0.15, -0.1) is 0 Å². The van der Waals surface area contributed by atoms with Crippen LogP contribution in [0.4, 0.5) is 5.69 Å². The molecule has 0 bridgehead atoms. The van der Waals surface area contributed by atoms with Crippen molar-refractivity contribution in [3.8, 4) is 5.75 Å². The van der Waals surface area contributed by atoms with Crippen LogP contribution in [-0.2, 0) is 26.2 Å². The summed E-state index contributed by atoms with van der Waals surface area (Å²) in [5.41, 5.74) is 2.02. The van der Waals surface area contributed by atoms with Gasteiger partial charge in [-0.1, -0.05) is 30.3 Å². The molecule has 1 fully saturated rings. The molecule has 2 atom stereocenters. The van der Waals surface area contributed by atoms with E-state index in [-0.39, 0.29) is 29.3 Å². The zero-order valence-electron chi connectivity index (χ0n) is 20.7. The Labute approximate surface area is 207 Å². The van der Waals surface area contributed by atoms with Crippen molar-refractivity contribution in [2.75, 3.05) is 18.4 Å². The second kappa shape index (κ2) is 9.99. The number of nitrogens with zero attached hydrogens (tertiary/aromatic N) is 2. The van der Waals surface area contributed by atoms with Gasteiger partial charge in [0.1, 0.15) is 5.75 Å². The summed E-state index contributed by atoms with van der Waals surface area (Å²) in [6.07, 6.45) is 0.559. The van der Waals surface area contributed by atoms with Crippen LogP contribution < -0.4 is 10.1 Å². The van der Waals surface area contributed by atoms with Gasteiger partial charge in [0.25, 0.3) is 5.91 Å². The van der Waals surface area contributed by atoms with Crippen molar-refractivity contribution in [3.63, 3.8) is 0 Å². The first-order chi connectivity index (χ1) is 16.6. The number of hydrogen-bond donors (Lipinski definition) is 1. The van der Waals surface area contributed by atoms with E-state index in [2.05, 4.69) is 5.32 Å². The molecule has 2 aromatic carbocycles. The number of fused-ring (bicyclic) bond motifs is 1. The summed E-state index contributed by atoms with van der Waals surface area (Å²) in [6, 6.07) is 12.9. The average molecular weight is 500 g/mol. The van der Waals surface area contributed by atoms with Gasteiger partial charge < -0.3 is 15.0 Å². The molecule has 9 heteroatoms. The predicted molar refractivity (Wildman–Crippen MR) is 134 cm³/mol. The van der Waals surface area contributed by atoms with Gasteiger partial charge in [0.05, 0.1) is 16.5 Å². The highest BCUT2D eigenvalue weighted by Crippen LogP contribution is 2.36. The molecule has 2 aliphatic rings. The molecular formula is C26H33N3O5S. The lowest BCUT2D eigenvalue weighted by Crippen LogP contribution is -2.48. The summed E-state index contributed by atoms with van der Waals surface area (Å²) in [5.74, 6) is -0.362. The molecule has 1 saturated heterocycles. The average Bonchev–Trinajstić information content (AvgIpc) is 2.83. The number of piperidine rings is 1. The lowest BCUT2D eigenvalue weighted by atomic mass is 9.97.